The van der Waals surface area contributed by atoms with Crippen LogP contribution in [0.4, 0.5) is 17.1 Å². The number of non-ortho nitro benzene ring substituents is 1. The van der Waals surface area contributed by atoms with E-state index in [2.05, 4.69) is 23.5 Å². The van der Waals surface area contributed by atoms with E-state index in [-0.39, 0.29) is 11.4 Å². The van der Waals surface area contributed by atoms with Crippen molar-refractivity contribution in [2.24, 2.45) is 5.10 Å². The van der Waals surface area contributed by atoms with Crippen LogP contribution in [0.25, 0.3) is 0 Å². The van der Waals surface area contributed by atoms with Gasteiger partial charge in [-0.3, -0.25) is 25.7 Å². The fourth-order valence-corrected chi connectivity index (χ4v) is 2.36. The minimum Gasteiger partial charge on any atom is -0.272 e. The molecule has 0 heterocycles. The van der Waals surface area contributed by atoms with Crippen molar-refractivity contribution in [3.8, 4) is 0 Å². The van der Waals surface area contributed by atoms with Gasteiger partial charge in [-0.1, -0.05) is 26.0 Å². The molecule has 0 fully saturated rings. The molecule has 2 aromatic carbocycles. The van der Waals surface area contributed by atoms with Crippen LogP contribution in [0.3, 0.4) is 0 Å². The molecule has 130 valence electrons. The fraction of sp³-hybridized carbons (Fsp3) is 0.235. The van der Waals surface area contributed by atoms with Crippen LogP contribution in [0.2, 0.25) is 0 Å². The summed E-state index contributed by atoms with van der Waals surface area (Å²) in [6, 6.07) is 9.50. The first-order valence-corrected chi connectivity index (χ1v) is 7.80. The molecule has 0 aliphatic rings. The van der Waals surface area contributed by atoms with Gasteiger partial charge in [0.1, 0.15) is 5.69 Å². The monoisotopic (exact) mass is 342 g/mol. The lowest BCUT2D eigenvalue weighted by Crippen LogP contribution is -2.00. The second-order valence-corrected chi connectivity index (χ2v) is 5.33. The first-order valence-electron chi connectivity index (χ1n) is 7.80. The summed E-state index contributed by atoms with van der Waals surface area (Å²) in [6.45, 7) is 4.09. The van der Waals surface area contributed by atoms with E-state index in [0.29, 0.717) is 0 Å². The summed E-state index contributed by atoms with van der Waals surface area (Å²) in [5, 5.41) is 25.9. The Morgan fingerprint density at radius 3 is 2.40 bits per heavy atom. The molecule has 0 bridgehead atoms. The fourth-order valence-electron chi connectivity index (χ4n) is 2.36. The van der Waals surface area contributed by atoms with Gasteiger partial charge in [-0.15, -0.1) is 0 Å². The highest BCUT2D eigenvalue weighted by Gasteiger charge is 2.19. The second-order valence-electron chi connectivity index (χ2n) is 5.33. The van der Waals surface area contributed by atoms with Crippen molar-refractivity contribution in [2.75, 3.05) is 5.43 Å². The van der Waals surface area contributed by atoms with Crippen molar-refractivity contribution in [1.82, 2.24) is 0 Å². The van der Waals surface area contributed by atoms with Crippen LogP contribution < -0.4 is 5.43 Å². The van der Waals surface area contributed by atoms with Gasteiger partial charge in [-0.25, -0.2) is 0 Å². The molecule has 8 nitrogen and oxygen atoms in total. The van der Waals surface area contributed by atoms with Gasteiger partial charge >= 0.3 is 5.69 Å². The van der Waals surface area contributed by atoms with Crippen molar-refractivity contribution in [3.05, 3.63) is 73.3 Å². The van der Waals surface area contributed by atoms with Crippen molar-refractivity contribution in [3.63, 3.8) is 0 Å². The van der Waals surface area contributed by atoms with Gasteiger partial charge in [0.25, 0.3) is 5.69 Å². The van der Waals surface area contributed by atoms with Gasteiger partial charge in [0.15, 0.2) is 0 Å². The minimum absolute atomic E-state index is 0.0940. The summed E-state index contributed by atoms with van der Waals surface area (Å²) >= 11 is 0. The number of nitrogens with zero attached hydrogens (tertiary/aromatic N) is 3. The number of hydrogen-bond acceptors (Lipinski definition) is 6. The van der Waals surface area contributed by atoms with Crippen LogP contribution in [-0.2, 0) is 12.8 Å². The first kappa shape index (κ1) is 18.1. The Hall–Kier alpha value is -3.29. The Labute approximate surface area is 144 Å². The lowest BCUT2D eigenvalue weighted by atomic mass is 10.0. The molecule has 0 aliphatic heterocycles. The number of rotatable bonds is 7. The van der Waals surface area contributed by atoms with Gasteiger partial charge in [0.2, 0.25) is 0 Å². The Balaban J connectivity index is 2.28. The molecular formula is C17H18N4O4. The second kappa shape index (κ2) is 8.00. The summed E-state index contributed by atoms with van der Waals surface area (Å²) in [4.78, 5) is 20.5. The molecule has 1 N–H and O–H groups in total. The third-order valence-corrected chi connectivity index (χ3v) is 3.78. The standard InChI is InChI=1S/C17H18N4O4/c1-3-12-5-6-13(4-2)14(9-12)11-18-19-16-8-7-15(20(22)23)10-17(16)21(24)25/h5-11,19H,3-4H2,1-2H3. The number of nitrogens with one attached hydrogen (secondary N) is 1. The van der Waals surface area contributed by atoms with E-state index in [0.717, 1.165) is 30.0 Å². The zero-order valence-electron chi connectivity index (χ0n) is 13.9. The highest BCUT2D eigenvalue weighted by molar-refractivity contribution is 5.83. The Morgan fingerprint density at radius 1 is 1.04 bits per heavy atom. The van der Waals surface area contributed by atoms with Crippen LogP contribution in [0.15, 0.2) is 41.5 Å². The summed E-state index contributed by atoms with van der Waals surface area (Å²) in [7, 11) is 0. The molecule has 0 saturated carbocycles. The summed E-state index contributed by atoms with van der Waals surface area (Å²) < 4.78 is 0. The summed E-state index contributed by atoms with van der Waals surface area (Å²) in [5.74, 6) is 0. The van der Waals surface area contributed by atoms with Gasteiger partial charge in [-0.05, 0) is 41.7 Å². The normalized spacial score (nSPS) is 10.8. The molecule has 0 aliphatic carbocycles. The van der Waals surface area contributed by atoms with E-state index < -0.39 is 15.5 Å². The zero-order chi connectivity index (χ0) is 18.4. The molecule has 2 rings (SSSR count). The number of hydrazone groups is 1. The largest absolute Gasteiger partial charge is 0.301 e. The van der Waals surface area contributed by atoms with Gasteiger partial charge in [0, 0.05) is 6.07 Å². The highest BCUT2D eigenvalue weighted by atomic mass is 16.6. The molecule has 0 spiro atoms. The molecule has 0 unspecified atom stereocenters. The van der Waals surface area contributed by atoms with E-state index in [9.17, 15) is 20.2 Å². The minimum atomic E-state index is -0.681. The van der Waals surface area contributed by atoms with Gasteiger partial charge in [-0.2, -0.15) is 5.10 Å². The van der Waals surface area contributed by atoms with Crippen molar-refractivity contribution in [2.45, 2.75) is 26.7 Å². The smallest absolute Gasteiger partial charge is 0.272 e. The maximum absolute atomic E-state index is 11.1. The van der Waals surface area contributed by atoms with Crippen molar-refractivity contribution >= 4 is 23.3 Å². The number of nitro groups is 2. The number of nitro benzene ring substituents is 2. The summed E-state index contributed by atoms with van der Waals surface area (Å²) in [6.07, 6.45) is 3.33. The Morgan fingerprint density at radius 2 is 1.80 bits per heavy atom. The summed E-state index contributed by atoms with van der Waals surface area (Å²) in [5.41, 5.74) is 5.16. The van der Waals surface area contributed by atoms with E-state index in [1.807, 2.05) is 19.1 Å². The average Bonchev–Trinajstić information content (AvgIpc) is 2.61. The van der Waals surface area contributed by atoms with E-state index in [4.69, 9.17) is 0 Å². The van der Waals surface area contributed by atoms with Gasteiger partial charge in [0.05, 0.1) is 22.1 Å². The molecular weight excluding hydrogens is 324 g/mol. The maximum Gasteiger partial charge on any atom is 0.301 e. The van der Waals surface area contributed by atoms with Crippen LogP contribution >= 0.6 is 0 Å². The third kappa shape index (κ3) is 4.37. The number of benzene rings is 2. The van der Waals surface area contributed by atoms with E-state index in [1.165, 1.54) is 17.7 Å². The maximum atomic E-state index is 11.1. The van der Waals surface area contributed by atoms with Crippen LogP contribution in [0.5, 0.6) is 0 Å². The lowest BCUT2D eigenvalue weighted by molar-refractivity contribution is -0.393. The van der Waals surface area contributed by atoms with Crippen LogP contribution in [0.1, 0.15) is 30.5 Å². The quantitative estimate of drug-likeness (QED) is 0.463. The molecule has 8 heteroatoms. The molecule has 0 atom stereocenters. The lowest BCUT2D eigenvalue weighted by Gasteiger charge is -2.06. The third-order valence-electron chi connectivity index (χ3n) is 3.78. The number of hydrogen-bond donors (Lipinski definition) is 1. The molecule has 0 radical (unpaired) electrons. The zero-order valence-corrected chi connectivity index (χ0v) is 13.9. The molecule has 0 amide bonds. The van der Waals surface area contributed by atoms with Crippen LogP contribution in [-0.4, -0.2) is 16.1 Å². The SMILES string of the molecule is CCc1ccc(CC)c(C=NNc2ccc([N+](=O)[O-])cc2[N+](=O)[O-])c1. The Kier molecular flexibility index (Phi) is 5.78. The van der Waals surface area contributed by atoms with Crippen LogP contribution in [0, 0.1) is 20.2 Å². The van der Waals surface area contributed by atoms with E-state index in [1.54, 1.807) is 6.21 Å². The number of anilines is 1. The van der Waals surface area contributed by atoms with Gasteiger partial charge < -0.3 is 0 Å². The molecule has 2 aromatic rings. The molecule has 25 heavy (non-hydrogen) atoms. The first-order chi connectivity index (χ1) is 12.0. The molecule has 0 aromatic heterocycles. The highest BCUT2D eigenvalue weighted by Crippen LogP contribution is 2.28. The number of aryl methyl sites for hydroxylation is 2. The average molecular weight is 342 g/mol. The van der Waals surface area contributed by atoms with Crippen molar-refractivity contribution in [1.29, 1.82) is 0 Å². The predicted octanol–water partition coefficient (Wildman–Crippen LogP) is 4.07. The molecule has 0 saturated heterocycles. The topological polar surface area (TPSA) is 111 Å². The van der Waals surface area contributed by atoms with Crippen molar-refractivity contribution < 1.29 is 9.85 Å². The predicted molar refractivity (Wildman–Crippen MR) is 96.2 cm³/mol. The van der Waals surface area contributed by atoms with E-state index >= 15 is 0 Å². The Bertz CT molecular complexity index is 833.